The van der Waals surface area contributed by atoms with Crippen molar-refractivity contribution in [3.05, 3.63) is 41.5 Å². The summed E-state index contributed by atoms with van der Waals surface area (Å²) in [5.41, 5.74) is 2.16. The van der Waals surface area contributed by atoms with Gasteiger partial charge in [0.1, 0.15) is 0 Å². The van der Waals surface area contributed by atoms with Crippen molar-refractivity contribution in [2.45, 2.75) is 13.3 Å². The molecule has 0 N–H and O–H groups in total. The summed E-state index contributed by atoms with van der Waals surface area (Å²) in [5.74, 6) is -0.473. The number of rotatable bonds is 3. The normalized spacial score (nSPS) is 18.5. The third-order valence-corrected chi connectivity index (χ3v) is 3.63. The van der Waals surface area contributed by atoms with Crippen LogP contribution in [0.2, 0.25) is 0 Å². The number of aryl methyl sites for hydroxylation is 1. The molecule has 0 radical (unpaired) electrons. The molecule has 0 bridgehead atoms. The van der Waals surface area contributed by atoms with Crippen LogP contribution in [0.3, 0.4) is 0 Å². The molecule has 4 nitrogen and oxygen atoms in total. The molecular formula is C16H19NO3. The molecule has 1 fully saturated rings. The van der Waals surface area contributed by atoms with Crippen molar-refractivity contribution in [2.24, 2.45) is 5.92 Å². The average molecular weight is 273 g/mol. The highest BCUT2D eigenvalue weighted by Crippen LogP contribution is 2.18. The van der Waals surface area contributed by atoms with Crippen molar-refractivity contribution < 1.29 is 14.3 Å². The second-order valence-electron chi connectivity index (χ2n) is 4.98. The fourth-order valence-electron chi connectivity index (χ4n) is 2.36. The lowest BCUT2D eigenvalue weighted by molar-refractivity contribution is -0.145. The second kappa shape index (κ2) is 6.37. The van der Waals surface area contributed by atoms with Crippen molar-refractivity contribution in [3.8, 4) is 0 Å². The van der Waals surface area contributed by atoms with Gasteiger partial charge in [-0.2, -0.15) is 0 Å². The molecule has 1 atom stereocenters. The first-order chi connectivity index (χ1) is 9.61. The molecule has 0 spiro atoms. The maximum absolute atomic E-state index is 12.1. The molecule has 2 rings (SSSR count). The Morgan fingerprint density at radius 3 is 2.80 bits per heavy atom. The number of hydrogen-bond donors (Lipinski definition) is 0. The van der Waals surface area contributed by atoms with Crippen molar-refractivity contribution in [3.63, 3.8) is 0 Å². The summed E-state index contributed by atoms with van der Waals surface area (Å²) in [5, 5.41) is 0. The largest absolute Gasteiger partial charge is 0.469 e. The summed E-state index contributed by atoms with van der Waals surface area (Å²) in [4.78, 5) is 25.2. The van der Waals surface area contributed by atoms with Gasteiger partial charge in [0.2, 0.25) is 5.91 Å². The van der Waals surface area contributed by atoms with Gasteiger partial charge in [-0.15, -0.1) is 0 Å². The topological polar surface area (TPSA) is 46.6 Å². The van der Waals surface area contributed by atoms with Gasteiger partial charge < -0.3 is 9.64 Å². The van der Waals surface area contributed by atoms with Crippen LogP contribution in [0.15, 0.2) is 30.3 Å². The third-order valence-electron chi connectivity index (χ3n) is 3.63. The number of benzene rings is 1. The van der Waals surface area contributed by atoms with Crippen molar-refractivity contribution >= 4 is 18.0 Å². The molecule has 1 unspecified atom stereocenters. The number of amides is 1. The predicted molar refractivity (Wildman–Crippen MR) is 76.9 cm³/mol. The van der Waals surface area contributed by atoms with Crippen LogP contribution in [0.1, 0.15) is 17.5 Å². The van der Waals surface area contributed by atoms with Crippen LogP contribution in [-0.2, 0) is 14.3 Å². The van der Waals surface area contributed by atoms with E-state index < -0.39 is 0 Å². The van der Waals surface area contributed by atoms with E-state index in [4.69, 9.17) is 4.74 Å². The Labute approximate surface area is 119 Å². The van der Waals surface area contributed by atoms with Gasteiger partial charge in [-0.25, -0.2) is 0 Å². The van der Waals surface area contributed by atoms with Crippen LogP contribution in [0.5, 0.6) is 0 Å². The van der Waals surface area contributed by atoms with E-state index in [-0.39, 0.29) is 17.8 Å². The molecule has 0 aliphatic carbocycles. The summed E-state index contributed by atoms with van der Waals surface area (Å²) in [6.45, 7) is 3.06. The first kappa shape index (κ1) is 14.3. The Balaban J connectivity index is 1.96. The summed E-state index contributed by atoms with van der Waals surface area (Å²) in [6, 6.07) is 7.89. The Kier molecular flexibility index (Phi) is 4.56. The Morgan fingerprint density at radius 1 is 1.35 bits per heavy atom. The lowest BCUT2D eigenvalue weighted by atomic mass is 10.1. The van der Waals surface area contributed by atoms with E-state index >= 15 is 0 Å². The maximum Gasteiger partial charge on any atom is 0.310 e. The van der Waals surface area contributed by atoms with E-state index in [9.17, 15) is 9.59 Å². The van der Waals surface area contributed by atoms with Crippen LogP contribution in [0, 0.1) is 12.8 Å². The molecule has 1 aromatic carbocycles. The standard InChI is InChI=1S/C16H19NO3/c1-12-5-3-4-6-13(12)7-8-15(18)17-10-9-14(11-17)16(19)20-2/h3-8,14H,9-11H2,1-2H3/b8-7+. The highest BCUT2D eigenvalue weighted by Gasteiger charge is 2.30. The Morgan fingerprint density at radius 2 is 2.10 bits per heavy atom. The van der Waals surface area contributed by atoms with Gasteiger partial charge >= 0.3 is 5.97 Å². The third kappa shape index (κ3) is 3.26. The van der Waals surface area contributed by atoms with E-state index in [0.29, 0.717) is 19.5 Å². The van der Waals surface area contributed by atoms with Crippen LogP contribution in [0.25, 0.3) is 6.08 Å². The molecule has 1 aromatic rings. The lowest BCUT2D eigenvalue weighted by Gasteiger charge is -2.13. The van der Waals surface area contributed by atoms with E-state index in [0.717, 1.165) is 11.1 Å². The molecule has 1 heterocycles. The molecule has 1 amide bonds. The van der Waals surface area contributed by atoms with Gasteiger partial charge in [0.15, 0.2) is 0 Å². The summed E-state index contributed by atoms with van der Waals surface area (Å²) in [7, 11) is 1.38. The van der Waals surface area contributed by atoms with Gasteiger partial charge in [-0.05, 0) is 30.5 Å². The minimum atomic E-state index is -0.233. The zero-order chi connectivity index (χ0) is 14.5. The van der Waals surface area contributed by atoms with Crippen LogP contribution < -0.4 is 0 Å². The maximum atomic E-state index is 12.1. The molecule has 1 aliphatic rings. The highest BCUT2D eigenvalue weighted by molar-refractivity contribution is 5.92. The van der Waals surface area contributed by atoms with E-state index in [2.05, 4.69) is 0 Å². The van der Waals surface area contributed by atoms with E-state index in [1.54, 1.807) is 11.0 Å². The van der Waals surface area contributed by atoms with Crippen LogP contribution >= 0.6 is 0 Å². The average Bonchev–Trinajstić information content (AvgIpc) is 2.95. The number of likely N-dealkylation sites (tertiary alicyclic amines) is 1. The van der Waals surface area contributed by atoms with Gasteiger partial charge in [0.25, 0.3) is 0 Å². The first-order valence-electron chi connectivity index (χ1n) is 6.72. The van der Waals surface area contributed by atoms with Crippen molar-refractivity contribution in [1.82, 2.24) is 4.90 Å². The summed E-state index contributed by atoms with van der Waals surface area (Å²) in [6.07, 6.45) is 4.07. The number of esters is 1. The van der Waals surface area contributed by atoms with E-state index in [1.165, 1.54) is 7.11 Å². The van der Waals surface area contributed by atoms with Crippen LogP contribution in [0.4, 0.5) is 0 Å². The van der Waals surface area contributed by atoms with E-state index in [1.807, 2.05) is 37.3 Å². The predicted octanol–water partition coefficient (Wildman–Crippen LogP) is 2.03. The number of ether oxygens (including phenoxy) is 1. The number of carbonyl (C=O) groups is 2. The molecule has 0 aromatic heterocycles. The second-order valence-corrected chi connectivity index (χ2v) is 4.98. The molecule has 1 aliphatic heterocycles. The molecule has 20 heavy (non-hydrogen) atoms. The summed E-state index contributed by atoms with van der Waals surface area (Å²) < 4.78 is 4.71. The van der Waals surface area contributed by atoms with Crippen LogP contribution in [-0.4, -0.2) is 37.0 Å². The number of nitrogens with zero attached hydrogens (tertiary/aromatic N) is 1. The first-order valence-corrected chi connectivity index (χ1v) is 6.72. The highest BCUT2D eigenvalue weighted by atomic mass is 16.5. The number of hydrogen-bond acceptors (Lipinski definition) is 3. The fourth-order valence-corrected chi connectivity index (χ4v) is 2.36. The number of carbonyl (C=O) groups excluding carboxylic acids is 2. The van der Waals surface area contributed by atoms with Gasteiger partial charge in [0.05, 0.1) is 13.0 Å². The monoisotopic (exact) mass is 273 g/mol. The Bertz CT molecular complexity index is 536. The molecule has 0 saturated carbocycles. The minimum absolute atomic E-state index is 0.0559. The summed E-state index contributed by atoms with van der Waals surface area (Å²) >= 11 is 0. The quantitative estimate of drug-likeness (QED) is 0.625. The molecular weight excluding hydrogens is 254 g/mol. The smallest absolute Gasteiger partial charge is 0.310 e. The van der Waals surface area contributed by atoms with Crippen molar-refractivity contribution in [2.75, 3.05) is 20.2 Å². The SMILES string of the molecule is COC(=O)C1CCN(C(=O)/C=C/c2ccccc2C)C1. The fraction of sp³-hybridized carbons (Fsp3) is 0.375. The zero-order valence-corrected chi connectivity index (χ0v) is 11.8. The van der Waals surface area contributed by atoms with Gasteiger partial charge in [0, 0.05) is 19.2 Å². The molecule has 4 heteroatoms. The number of methoxy groups -OCH3 is 1. The molecule has 106 valence electrons. The van der Waals surface area contributed by atoms with Crippen molar-refractivity contribution in [1.29, 1.82) is 0 Å². The van der Waals surface area contributed by atoms with Gasteiger partial charge in [-0.3, -0.25) is 9.59 Å². The minimum Gasteiger partial charge on any atom is -0.469 e. The molecule has 1 saturated heterocycles. The lowest BCUT2D eigenvalue weighted by Crippen LogP contribution is -2.28. The Hall–Kier alpha value is -2.10. The zero-order valence-electron chi connectivity index (χ0n) is 11.8. The van der Waals surface area contributed by atoms with Gasteiger partial charge in [-0.1, -0.05) is 24.3 Å².